The van der Waals surface area contributed by atoms with Gasteiger partial charge in [-0.25, -0.2) is 9.69 Å². The average Bonchev–Trinajstić information content (AvgIpc) is 2.80. The van der Waals surface area contributed by atoms with Crippen molar-refractivity contribution in [2.75, 3.05) is 24.7 Å². The topological polar surface area (TPSA) is 103 Å². The number of nitrogens with one attached hydrogen (secondary N) is 1. The number of hydrogen-bond donors (Lipinski definition) is 1. The van der Waals surface area contributed by atoms with E-state index in [2.05, 4.69) is 5.32 Å². The summed E-state index contributed by atoms with van der Waals surface area (Å²) < 4.78 is 22.6. The summed E-state index contributed by atoms with van der Waals surface area (Å²) in [5.74, 6) is -0.208. The number of barbiturate groups is 1. The number of nitrogens with zero attached hydrogens (tertiary/aromatic N) is 1. The summed E-state index contributed by atoms with van der Waals surface area (Å²) in [6.45, 7) is 10.2. The first-order chi connectivity index (χ1) is 17.2. The highest BCUT2D eigenvalue weighted by atomic mass is 35.5. The van der Waals surface area contributed by atoms with Crippen molar-refractivity contribution in [2.24, 2.45) is 0 Å². The van der Waals surface area contributed by atoms with Crippen LogP contribution in [0.25, 0.3) is 6.08 Å². The van der Waals surface area contributed by atoms with Crippen LogP contribution in [-0.2, 0) is 9.59 Å². The number of halogens is 1. The maximum Gasteiger partial charge on any atom is 0.336 e. The lowest BCUT2D eigenvalue weighted by atomic mass is 10.1. The number of anilines is 1. The van der Waals surface area contributed by atoms with E-state index < -0.39 is 17.8 Å². The number of carbonyl (C=O) groups is 3. The van der Waals surface area contributed by atoms with Crippen molar-refractivity contribution in [1.82, 2.24) is 5.32 Å². The van der Waals surface area contributed by atoms with E-state index in [9.17, 15) is 14.4 Å². The van der Waals surface area contributed by atoms with Gasteiger partial charge in [0.25, 0.3) is 11.8 Å². The third-order valence-corrected chi connectivity index (χ3v) is 5.16. The maximum atomic E-state index is 13.5. The number of urea groups is 1. The summed E-state index contributed by atoms with van der Waals surface area (Å²) in [5, 5.41) is 2.47. The van der Waals surface area contributed by atoms with E-state index in [4.69, 9.17) is 30.5 Å². The zero-order valence-electron chi connectivity index (χ0n) is 20.8. The second-order valence-electron chi connectivity index (χ2n) is 7.88. The van der Waals surface area contributed by atoms with Gasteiger partial charge in [0.15, 0.2) is 11.5 Å². The van der Waals surface area contributed by atoms with Gasteiger partial charge in [-0.1, -0.05) is 11.6 Å². The molecular formula is C26H29ClN2O7. The Balaban J connectivity index is 2.08. The maximum absolute atomic E-state index is 13.5. The number of ether oxygens (including phenoxy) is 4. The van der Waals surface area contributed by atoms with Crippen molar-refractivity contribution in [3.05, 3.63) is 46.5 Å². The molecule has 1 saturated heterocycles. The standard InChI is InChI=1S/C26H29ClN2O7/c1-6-33-17-9-10-21(34-7-2)20(14-17)29-25(31)18(24(30)28-26(29)32)11-16-12-19(27)23(36-15(4)5)22(13-16)35-8-3/h9-15H,6-8H2,1-5H3,(H,28,30,32)/b18-11+. The second kappa shape index (κ2) is 11.8. The van der Waals surface area contributed by atoms with E-state index >= 15 is 0 Å². The van der Waals surface area contributed by atoms with Crippen LogP contribution < -0.4 is 29.2 Å². The van der Waals surface area contributed by atoms with Crippen molar-refractivity contribution in [1.29, 1.82) is 0 Å². The van der Waals surface area contributed by atoms with Crippen LogP contribution in [-0.4, -0.2) is 43.8 Å². The first kappa shape index (κ1) is 26.9. The molecule has 1 aliphatic heterocycles. The molecule has 9 nitrogen and oxygen atoms in total. The highest BCUT2D eigenvalue weighted by Gasteiger charge is 2.38. The zero-order valence-corrected chi connectivity index (χ0v) is 21.6. The summed E-state index contributed by atoms with van der Waals surface area (Å²) in [5.41, 5.74) is 0.299. The molecule has 3 rings (SSSR count). The summed E-state index contributed by atoms with van der Waals surface area (Å²) in [4.78, 5) is 39.8. The van der Waals surface area contributed by atoms with Gasteiger partial charge in [-0.2, -0.15) is 0 Å². The molecular weight excluding hydrogens is 488 g/mol. The Labute approximate surface area is 214 Å². The predicted molar refractivity (Wildman–Crippen MR) is 136 cm³/mol. The van der Waals surface area contributed by atoms with Crippen LogP contribution in [0.2, 0.25) is 5.02 Å². The normalized spacial score (nSPS) is 14.8. The van der Waals surface area contributed by atoms with Crippen LogP contribution in [0.15, 0.2) is 35.9 Å². The van der Waals surface area contributed by atoms with Crippen molar-refractivity contribution in [3.8, 4) is 23.0 Å². The highest BCUT2D eigenvalue weighted by molar-refractivity contribution is 6.39. The molecule has 1 fully saturated rings. The molecule has 2 aromatic carbocycles. The van der Waals surface area contributed by atoms with E-state index in [-0.39, 0.29) is 28.1 Å². The minimum atomic E-state index is -0.898. The first-order valence-corrected chi connectivity index (χ1v) is 12.0. The molecule has 0 unspecified atom stereocenters. The molecule has 36 heavy (non-hydrogen) atoms. The van der Waals surface area contributed by atoms with Gasteiger partial charge in [-0.05, 0) is 70.5 Å². The van der Waals surface area contributed by atoms with Crippen LogP contribution in [0.1, 0.15) is 40.2 Å². The smallest absolute Gasteiger partial charge is 0.336 e. The third-order valence-electron chi connectivity index (χ3n) is 4.88. The molecule has 0 atom stereocenters. The summed E-state index contributed by atoms with van der Waals surface area (Å²) >= 11 is 6.44. The Hall–Kier alpha value is -3.72. The number of imide groups is 2. The molecule has 0 aromatic heterocycles. The van der Waals surface area contributed by atoms with E-state index in [0.717, 1.165) is 4.90 Å². The van der Waals surface area contributed by atoms with Crippen LogP contribution >= 0.6 is 11.6 Å². The summed E-state index contributed by atoms with van der Waals surface area (Å²) in [6.07, 6.45) is 1.19. The molecule has 0 saturated carbocycles. The van der Waals surface area contributed by atoms with Gasteiger partial charge in [0.2, 0.25) is 0 Å². The van der Waals surface area contributed by atoms with Gasteiger partial charge in [-0.15, -0.1) is 0 Å². The Morgan fingerprint density at radius 3 is 2.25 bits per heavy atom. The molecule has 192 valence electrons. The third kappa shape index (κ3) is 5.91. The molecule has 0 aliphatic carbocycles. The minimum absolute atomic E-state index is 0.150. The van der Waals surface area contributed by atoms with Gasteiger partial charge >= 0.3 is 6.03 Å². The molecule has 2 aromatic rings. The molecule has 1 heterocycles. The lowest BCUT2D eigenvalue weighted by molar-refractivity contribution is -0.122. The Morgan fingerprint density at radius 1 is 0.944 bits per heavy atom. The van der Waals surface area contributed by atoms with Gasteiger partial charge in [0.05, 0.1) is 36.6 Å². The van der Waals surface area contributed by atoms with Crippen LogP contribution in [0.5, 0.6) is 23.0 Å². The Bertz CT molecular complexity index is 1190. The molecule has 10 heteroatoms. The number of carbonyl (C=O) groups excluding carboxylic acids is 3. The van der Waals surface area contributed by atoms with Crippen LogP contribution in [0.4, 0.5) is 10.5 Å². The number of rotatable bonds is 10. The number of benzene rings is 2. The summed E-state index contributed by atoms with van der Waals surface area (Å²) in [7, 11) is 0. The number of amides is 4. The lowest BCUT2D eigenvalue weighted by Gasteiger charge is -2.28. The van der Waals surface area contributed by atoms with Crippen molar-refractivity contribution in [3.63, 3.8) is 0 Å². The molecule has 0 radical (unpaired) electrons. The van der Waals surface area contributed by atoms with Crippen LogP contribution in [0, 0.1) is 0 Å². The first-order valence-electron chi connectivity index (χ1n) is 11.6. The zero-order chi connectivity index (χ0) is 26.4. The number of hydrogen-bond acceptors (Lipinski definition) is 7. The molecule has 0 spiro atoms. The Kier molecular flexibility index (Phi) is 8.82. The monoisotopic (exact) mass is 516 g/mol. The fraction of sp³-hybridized carbons (Fsp3) is 0.346. The van der Waals surface area contributed by atoms with Crippen molar-refractivity contribution in [2.45, 2.75) is 40.7 Å². The van der Waals surface area contributed by atoms with Gasteiger partial charge in [0, 0.05) is 6.07 Å². The van der Waals surface area contributed by atoms with E-state index in [1.807, 2.05) is 27.7 Å². The SMILES string of the molecule is CCOc1ccc(OCC)c(N2C(=O)NC(=O)/C(=C\c3cc(Cl)c(OC(C)C)c(OCC)c3)C2=O)c1. The van der Waals surface area contributed by atoms with E-state index in [1.54, 1.807) is 31.2 Å². The average molecular weight is 517 g/mol. The summed E-state index contributed by atoms with van der Waals surface area (Å²) in [6, 6.07) is 7.06. The quantitative estimate of drug-likeness (QED) is 0.350. The van der Waals surface area contributed by atoms with Crippen LogP contribution in [0.3, 0.4) is 0 Å². The minimum Gasteiger partial charge on any atom is -0.494 e. The molecule has 0 bridgehead atoms. The van der Waals surface area contributed by atoms with E-state index in [1.165, 1.54) is 12.1 Å². The van der Waals surface area contributed by atoms with Gasteiger partial charge in [0.1, 0.15) is 17.1 Å². The van der Waals surface area contributed by atoms with Crippen molar-refractivity contribution < 1.29 is 33.3 Å². The second-order valence-corrected chi connectivity index (χ2v) is 8.29. The van der Waals surface area contributed by atoms with Crippen molar-refractivity contribution >= 4 is 41.2 Å². The van der Waals surface area contributed by atoms with Gasteiger partial charge < -0.3 is 18.9 Å². The molecule has 4 amide bonds. The van der Waals surface area contributed by atoms with Gasteiger partial charge in [-0.3, -0.25) is 14.9 Å². The fourth-order valence-electron chi connectivity index (χ4n) is 3.53. The predicted octanol–water partition coefficient (Wildman–Crippen LogP) is 4.99. The van der Waals surface area contributed by atoms with E-state index in [0.29, 0.717) is 42.6 Å². The largest absolute Gasteiger partial charge is 0.494 e. The molecule has 1 N–H and O–H groups in total. The highest BCUT2D eigenvalue weighted by Crippen LogP contribution is 2.39. The lowest BCUT2D eigenvalue weighted by Crippen LogP contribution is -2.54. The molecule has 1 aliphatic rings. The fourth-order valence-corrected chi connectivity index (χ4v) is 3.80. The Morgan fingerprint density at radius 2 is 1.61 bits per heavy atom.